The molecule has 0 bridgehead atoms. The molecule has 1 aliphatic rings. The summed E-state index contributed by atoms with van der Waals surface area (Å²) in [5.41, 5.74) is 2.09. The van der Waals surface area contributed by atoms with Crippen molar-refractivity contribution in [1.82, 2.24) is 9.47 Å². The maximum atomic E-state index is 12.4. The number of hydrogen-bond acceptors (Lipinski definition) is 2. The third-order valence-corrected chi connectivity index (χ3v) is 4.67. The molecule has 5 heteroatoms. The van der Waals surface area contributed by atoms with Crippen LogP contribution in [0, 0.1) is 0 Å². The number of halogens is 1. The quantitative estimate of drug-likeness (QED) is 0.661. The van der Waals surface area contributed by atoms with Crippen molar-refractivity contribution in [3.05, 3.63) is 70.3 Å². The number of carbonyl (C=O) groups is 2. The van der Waals surface area contributed by atoms with E-state index in [0.717, 1.165) is 15.4 Å². The van der Waals surface area contributed by atoms with E-state index in [2.05, 4.69) is 20.5 Å². The lowest BCUT2D eigenvalue weighted by Gasteiger charge is -2.14. The van der Waals surface area contributed by atoms with Crippen LogP contribution in [0.5, 0.6) is 0 Å². The van der Waals surface area contributed by atoms with E-state index in [1.807, 2.05) is 30.5 Å². The molecule has 2 amide bonds. The highest BCUT2D eigenvalue weighted by Crippen LogP contribution is 2.24. The van der Waals surface area contributed by atoms with Crippen LogP contribution >= 0.6 is 15.9 Å². The standard InChI is InChI=1S/C18H13BrN2O2/c19-13-5-6-16-12(11-13)7-8-20(16)9-10-21-17(22)14-3-1-2-4-15(14)18(21)23/h1-8,11H,9-10H2. The molecular weight excluding hydrogens is 356 g/mol. The number of rotatable bonds is 3. The SMILES string of the molecule is O=C1c2ccccc2C(=O)N1CCn1ccc2cc(Br)ccc21. The van der Waals surface area contributed by atoms with Crippen LogP contribution in [-0.4, -0.2) is 27.8 Å². The highest BCUT2D eigenvalue weighted by atomic mass is 79.9. The summed E-state index contributed by atoms with van der Waals surface area (Å²) in [5.74, 6) is -0.408. The first kappa shape index (κ1) is 14.2. The van der Waals surface area contributed by atoms with Gasteiger partial charge in [-0.05, 0) is 36.4 Å². The number of hydrogen-bond donors (Lipinski definition) is 0. The summed E-state index contributed by atoms with van der Waals surface area (Å²) in [4.78, 5) is 26.1. The maximum Gasteiger partial charge on any atom is 0.261 e. The fraction of sp³-hybridized carbons (Fsp3) is 0.111. The minimum absolute atomic E-state index is 0.204. The maximum absolute atomic E-state index is 12.4. The Kier molecular flexibility index (Phi) is 3.31. The van der Waals surface area contributed by atoms with Crippen molar-refractivity contribution in [3.63, 3.8) is 0 Å². The lowest BCUT2D eigenvalue weighted by molar-refractivity contribution is 0.0649. The largest absolute Gasteiger partial charge is 0.346 e. The van der Waals surface area contributed by atoms with Gasteiger partial charge in [0.2, 0.25) is 0 Å². The summed E-state index contributed by atoms with van der Waals surface area (Å²) in [7, 11) is 0. The molecule has 0 saturated carbocycles. The monoisotopic (exact) mass is 368 g/mol. The number of imide groups is 1. The van der Waals surface area contributed by atoms with Gasteiger partial charge in [0, 0.05) is 34.7 Å². The van der Waals surface area contributed by atoms with E-state index >= 15 is 0 Å². The molecule has 1 aromatic heterocycles. The van der Waals surface area contributed by atoms with Crippen LogP contribution in [0.3, 0.4) is 0 Å². The minimum atomic E-state index is -0.204. The molecule has 3 aromatic rings. The highest BCUT2D eigenvalue weighted by Gasteiger charge is 2.34. The molecule has 0 unspecified atom stereocenters. The molecule has 4 nitrogen and oxygen atoms in total. The van der Waals surface area contributed by atoms with Crippen LogP contribution in [0.4, 0.5) is 0 Å². The van der Waals surface area contributed by atoms with Crippen LogP contribution in [0.1, 0.15) is 20.7 Å². The first-order valence-electron chi connectivity index (χ1n) is 7.35. The smallest absolute Gasteiger partial charge is 0.261 e. The number of amides is 2. The van der Waals surface area contributed by atoms with Crippen molar-refractivity contribution in [1.29, 1.82) is 0 Å². The van der Waals surface area contributed by atoms with Gasteiger partial charge in [-0.3, -0.25) is 14.5 Å². The van der Waals surface area contributed by atoms with Crippen molar-refractivity contribution < 1.29 is 9.59 Å². The van der Waals surface area contributed by atoms with Gasteiger partial charge < -0.3 is 4.57 Å². The Balaban J connectivity index is 1.58. The van der Waals surface area contributed by atoms with E-state index in [1.165, 1.54) is 4.90 Å². The minimum Gasteiger partial charge on any atom is -0.346 e. The third-order valence-electron chi connectivity index (χ3n) is 4.18. The fourth-order valence-electron chi connectivity index (χ4n) is 3.02. The Bertz CT molecular complexity index is 910. The second-order valence-corrected chi connectivity index (χ2v) is 6.44. The van der Waals surface area contributed by atoms with Gasteiger partial charge in [0.05, 0.1) is 11.1 Å². The number of nitrogens with zero attached hydrogens (tertiary/aromatic N) is 2. The molecule has 23 heavy (non-hydrogen) atoms. The summed E-state index contributed by atoms with van der Waals surface area (Å²) in [5, 5.41) is 1.13. The predicted molar refractivity (Wildman–Crippen MR) is 91.4 cm³/mol. The van der Waals surface area contributed by atoms with Crippen molar-refractivity contribution in [3.8, 4) is 0 Å². The molecule has 0 radical (unpaired) electrons. The molecule has 2 heterocycles. The lowest BCUT2D eigenvalue weighted by atomic mass is 10.1. The zero-order valence-electron chi connectivity index (χ0n) is 12.2. The van der Waals surface area contributed by atoms with Crippen molar-refractivity contribution in [2.24, 2.45) is 0 Å². The molecular formula is C18H13BrN2O2. The average molecular weight is 369 g/mol. The topological polar surface area (TPSA) is 42.3 Å². The van der Waals surface area contributed by atoms with Gasteiger partial charge in [-0.15, -0.1) is 0 Å². The average Bonchev–Trinajstić information content (AvgIpc) is 3.06. The molecule has 114 valence electrons. The Hall–Kier alpha value is -2.40. The van der Waals surface area contributed by atoms with Crippen LogP contribution in [-0.2, 0) is 6.54 Å². The Labute approximate surface area is 141 Å². The Morgan fingerprint density at radius 3 is 2.26 bits per heavy atom. The van der Waals surface area contributed by atoms with E-state index in [-0.39, 0.29) is 11.8 Å². The Morgan fingerprint density at radius 2 is 1.57 bits per heavy atom. The van der Waals surface area contributed by atoms with E-state index < -0.39 is 0 Å². The van der Waals surface area contributed by atoms with Crippen molar-refractivity contribution in [2.75, 3.05) is 6.54 Å². The summed E-state index contributed by atoms with van der Waals surface area (Å²) >= 11 is 3.46. The van der Waals surface area contributed by atoms with Gasteiger partial charge in [-0.25, -0.2) is 0 Å². The molecule has 2 aromatic carbocycles. The zero-order valence-corrected chi connectivity index (χ0v) is 13.8. The zero-order chi connectivity index (χ0) is 16.0. The van der Waals surface area contributed by atoms with Crippen LogP contribution in [0.25, 0.3) is 10.9 Å². The first-order chi connectivity index (χ1) is 11.1. The molecule has 4 rings (SSSR count). The van der Waals surface area contributed by atoms with Gasteiger partial charge in [0.15, 0.2) is 0 Å². The van der Waals surface area contributed by atoms with Gasteiger partial charge in [0.1, 0.15) is 0 Å². The predicted octanol–water partition coefficient (Wildman–Crippen LogP) is 3.70. The molecule has 0 aliphatic carbocycles. The van der Waals surface area contributed by atoms with Gasteiger partial charge >= 0.3 is 0 Å². The van der Waals surface area contributed by atoms with Gasteiger partial charge in [-0.2, -0.15) is 0 Å². The summed E-state index contributed by atoms with van der Waals surface area (Å²) in [6.07, 6.45) is 1.98. The first-order valence-corrected chi connectivity index (χ1v) is 8.14. The lowest BCUT2D eigenvalue weighted by Crippen LogP contribution is -2.32. The molecule has 1 aliphatic heterocycles. The second kappa shape index (κ2) is 5.35. The van der Waals surface area contributed by atoms with Crippen LogP contribution in [0.15, 0.2) is 59.2 Å². The normalized spacial score (nSPS) is 13.9. The summed E-state index contributed by atoms with van der Waals surface area (Å²) < 4.78 is 3.09. The molecule has 0 spiro atoms. The van der Waals surface area contributed by atoms with E-state index in [9.17, 15) is 9.59 Å². The summed E-state index contributed by atoms with van der Waals surface area (Å²) in [6, 6.07) is 15.1. The molecule has 0 saturated heterocycles. The van der Waals surface area contributed by atoms with Crippen LogP contribution < -0.4 is 0 Å². The number of benzene rings is 2. The highest BCUT2D eigenvalue weighted by molar-refractivity contribution is 9.10. The van der Waals surface area contributed by atoms with Crippen LogP contribution in [0.2, 0.25) is 0 Å². The molecule has 0 N–H and O–H groups in total. The number of carbonyl (C=O) groups excluding carboxylic acids is 2. The van der Waals surface area contributed by atoms with Gasteiger partial charge in [-0.1, -0.05) is 28.1 Å². The van der Waals surface area contributed by atoms with E-state index in [4.69, 9.17) is 0 Å². The van der Waals surface area contributed by atoms with Crippen molar-refractivity contribution >= 4 is 38.6 Å². The number of fused-ring (bicyclic) bond motifs is 2. The second-order valence-electron chi connectivity index (χ2n) is 5.52. The number of aromatic nitrogens is 1. The van der Waals surface area contributed by atoms with Crippen molar-refractivity contribution in [2.45, 2.75) is 6.54 Å². The third kappa shape index (κ3) is 2.28. The summed E-state index contributed by atoms with van der Waals surface area (Å²) in [6.45, 7) is 0.947. The molecule has 0 fully saturated rings. The van der Waals surface area contributed by atoms with E-state index in [0.29, 0.717) is 24.2 Å². The Morgan fingerprint density at radius 1 is 0.870 bits per heavy atom. The molecule has 0 atom stereocenters. The fourth-order valence-corrected chi connectivity index (χ4v) is 3.39. The van der Waals surface area contributed by atoms with Gasteiger partial charge in [0.25, 0.3) is 11.8 Å². The van der Waals surface area contributed by atoms with E-state index in [1.54, 1.807) is 24.3 Å².